The van der Waals surface area contributed by atoms with E-state index in [2.05, 4.69) is 21.7 Å². The summed E-state index contributed by atoms with van der Waals surface area (Å²) < 4.78 is 16.3. The average molecular weight is 317 g/mol. The second kappa shape index (κ2) is 5.30. The molecule has 0 radical (unpaired) electrons. The van der Waals surface area contributed by atoms with Crippen molar-refractivity contribution in [2.75, 3.05) is 0 Å². The first-order valence-corrected chi connectivity index (χ1v) is 8.47. The second-order valence-electron chi connectivity index (χ2n) is 6.81. The van der Waals surface area contributed by atoms with Gasteiger partial charge in [0, 0.05) is 11.6 Å². The third-order valence-corrected chi connectivity index (χ3v) is 5.89. The summed E-state index contributed by atoms with van der Waals surface area (Å²) in [5, 5.41) is 7.26. The Bertz CT molecular complexity index is 750. The number of aromatic nitrogens is 3. The molecule has 0 spiro atoms. The summed E-state index contributed by atoms with van der Waals surface area (Å²) in [6.45, 7) is 2.24. The lowest BCUT2D eigenvalue weighted by Crippen LogP contribution is -2.22. The minimum absolute atomic E-state index is 0.245. The third-order valence-electron chi connectivity index (χ3n) is 5.61. The Hall–Kier alpha value is -1.49. The lowest BCUT2D eigenvalue weighted by Gasteiger charge is -2.29. The number of benzene rings is 1. The van der Waals surface area contributed by atoms with Gasteiger partial charge in [-0.2, -0.15) is 5.10 Å². The number of nitrogens with one attached hydrogen (secondary N) is 1. The fraction of sp³-hybridized carbons (Fsp3) is 0.529. The van der Waals surface area contributed by atoms with E-state index in [1.165, 1.54) is 37.8 Å². The van der Waals surface area contributed by atoms with E-state index in [0.717, 1.165) is 23.2 Å². The molecule has 116 valence electrons. The van der Waals surface area contributed by atoms with Crippen molar-refractivity contribution in [3.8, 4) is 11.4 Å². The molecule has 0 saturated heterocycles. The van der Waals surface area contributed by atoms with Crippen LogP contribution < -0.4 is 0 Å². The lowest BCUT2D eigenvalue weighted by molar-refractivity contribution is 0.242. The van der Waals surface area contributed by atoms with Gasteiger partial charge in [0.1, 0.15) is 5.82 Å². The molecule has 3 nitrogen and oxygen atoms in total. The Kier molecular flexibility index (Phi) is 3.40. The molecule has 2 bridgehead atoms. The van der Waals surface area contributed by atoms with E-state index in [4.69, 9.17) is 12.2 Å². The highest BCUT2D eigenvalue weighted by Gasteiger charge is 2.42. The van der Waals surface area contributed by atoms with Crippen LogP contribution in [-0.2, 0) is 0 Å². The number of hydrogen-bond donors (Lipinski definition) is 1. The molecule has 2 saturated carbocycles. The van der Waals surface area contributed by atoms with Gasteiger partial charge in [-0.05, 0) is 68.3 Å². The molecule has 1 aromatic carbocycles. The van der Waals surface area contributed by atoms with Crippen molar-refractivity contribution in [2.24, 2.45) is 17.8 Å². The maximum atomic E-state index is 13.5. The van der Waals surface area contributed by atoms with E-state index >= 15 is 0 Å². The fourth-order valence-corrected chi connectivity index (χ4v) is 4.89. The Morgan fingerprint density at radius 3 is 2.91 bits per heavy atom. The highest BCUT2D eigenvalue weighted by molar-refractivity contribution is 7.71. The quantitative estimate of drug-likeness (QED) is 0.829. The molecule has 1 heterocycles. The Balaban J connectivity index is 1.73. The molecule has 2 aliphatic carbocycles. The molecule has 5 heteroatoms. The predicted molar refractivity (Wildman–Crippen MR) is 86.5 cm³/mol. The third kappa shape index (κ3) is 2.22. The van der Waals surface area contributed by atoms with Crippen molar-refractivity contribution < 1.29 is 4.39 Å². The minimum Gasteiger partial charge on any atom is -0.297 e. The zero-order valence-electron chi connectivity index (χ0n) is 12.6. The standard InChI is InChI=1S/C17H20FN3S/c1-10(15-8-11-5-6-12(15)7-11)21-16(19-20-17(21)22)13-3-2-4-14(18)9-13/h2-4,9-12,15H,5-8H2,1H3,(H,20,22). The smallest absolute Gasteiger partial charge is 0.195 e. The van der Waals surface area contributed by atoms with Crippen molar-refractivity contribution in [2.45, 2.75) is 38.6 Å². The highest BCUT2D eigenvalue weighted by Crippen LogP contribution is 2.52. The second-order valence-corrected chi connectivity index (χ2v) is 7.20. The van der Waals surface area contributed by atoms with Crippen molar-refractivity contribution in [3.63, 3.8) is 0 Å². The van der Waals surface area contributed by atoms with Gasteiger partial charge in [0.2, 0.25) is 0 Å². The number of aromatic amines is 1. The molecule has 2 aliphatic rings. The number of nitrogens with zero attached hydrogens (tertiary/aromatic N) is 2. The van der Waals surface area contributed by atoms with Gasteiger partial charge in [-0.1, -0.05) is 18.6 Å². The van der Waals surface area contributed by atoms with E-state index < -0.39 is 0 Å². The van der Waals surface area contributed by atoms with Crippen LogP contribution in [0.5, 0.6) is 0 Å². The highest BCUT2D eigenvalue weighted by atomic mass is 32.1. The Labute approximate surface area is 134 Å². The molecule has 4 rings (SSSR count). The SMILES string of the molecule is CC(C1CC2CCC1C2)n1c(-c2cccc(F)c2)n[nH]c1=S. The van der Waals surface area contributed by atoms with Crippen LogP contribution in [0.3, 0.4) is 0 Å². The van der Waals surface area contributed by atoms with Crippen LogP contribution >= 0.6 is 12.2 Å². The van der Waals surface area contributed by atoms with Gasteiger partial charge < -0.3 is 0 Å². The molecule has 1 N–H and O–H groups in total. The zero-order chi connectivity index (χ0) is 15.3. The summed E-state index contributed by atoms with van der Waals surface area (Å²) in [4.78, 5) is 0. The largest absolute Gasteiger partial charge is 0.297 e. The first-order chi connectivity index (χ1) is 10.6. The van der Waals surface area contributed by atoms with Gasteiger partial charge in [0.15, 0.2) is 10.6 Å². The van der Waals surface area contributed by atoms with Crippen molar-refractivity contribution in [1.29, 1.82) is 0 Å². The number of halogens is 1. The van der Waals surface area contributed by atoms with Gasteiger partial charge in [-0.15, -0.1) is 0 Å². The van der Waals surface area contributed by atoms with Crippen molar-refractivity contribution in [3.05, 3.63) is 34.9 Å². The molecule has 0 aliphatic heterocycles. The van der Waals surface area contributed by atoms with Crippen LogP contribution in [0.4, 0.5) is 4.39 Å². The summed E-state index contributed by atoms with van der Waals surface area (Å²) in [5.41, 5.74) is 0.780. The first-order valence-electron chi connectivity index (χ1n) is 8.06. The summed E-state index contributed by atoms with van der Waals surface area (Å²) in [6, 6.07) is 6.89. The van der Waals surface area contributed by atoms with Crippen LogP contribution in [-0.4, -0.2) is 14.8 Å². The summed E-state index contributed by atoms with van der Waals surface area (Å²) in [7, 11) is 0. The summed E-state index contributed by atoms with van der Waals surface area (Å²) in [5.74, 6) is 2.88. The monoisotopic (exact) mass is 317 g/mol. The van der Waals surface area contributed by atoms with Crippen LogP contribution in [0.15, 0.2) is 24.3 Å². The van der Waals surface area contributed by atoms with Crippen LogP contribution in [0.25, 0.3) is 11.4 Å². The normalized spacial score (nSPS) is 28.2. The van der Waals surface area contributed by atoms with Crippen LogP contribution in [0, 0.1) is 28.3 Å². The maximum Gasteiger partial charge on any atom is 0.195 e. The van der Waals surface area contributed by atoms with Gasteiger partial charge in [0.25, 0.3) is 0 Å². The molecule has 2 aromatic rings. The molecular formula is C17H20FN3S. The van der Waals surface area contributed by atoms with Crippen molar-refractivity contribution in [1.82, 2.24) is 14.8 Å². The fourth-order valence-electron chi connectivity index (χ4n) is 4.59. The van der Waals surface area contributed by atoms with Crippen molar-refractivity contribution >= 4 is 12.2 Å². The Morgan fingerprint density at radius 2 is 2.23 bits per heavy atom. The molecule has 1 aromatic heterocycles. The molecule has 2 fully saturated rings. The van der Waals surface area contributed by atoms with Gasteiger partial charge in [-0.3, -0.25) is 9.67 Å². The van der Waals surface area contributed by atoms with E-state index in [1.54, 1.807) is 6.07 Å². The number of H-pyrrole nitrogens is 1. The predicted octanol–water partition coefficient (Wildman–Crippen LogP) is 4.74. The molecule has 4 atom stereocenters. The summed E-state index contributed by atoms with van der Waals surface area (Å²) in [6.07, 6.45) is 5.40. The maximum absolute atomic E-state index is 13.5. The molecular weight excluding hydrogens is 297 g/mol. The average Bonchev–Trinajstić information content (AvgIpc) is 3.21. The van der Waals surface area contributed by atoms with E-state index in [-0.39, 0.29) is 5.82 Å². The molecule has 22 heavy (non-hydrogen) atoms. The Morgan fingerprint density at radius 1 is 1.36 bits per heavy atom. The molecule has 4 unspecified atom stereocenters. The zero-order valence-corrected chi connectivity index (χ0v) is 13.4. The van der Waals surface area contributed by atoms with Crippen LogP contribution in [0.2, 0.25) is 0 Å². The topological polar surface area (TPSA) is 33.6 Å². The van der Waals surface area contributed by atoms with E-state index in [1.807, 2.05) is 6.07 Å². The van der Waals surface area contributed by atoms with E-state index in [0.29, 0.717) is 16.7 Å². The first kappa shape index (κ1) is 14.1. The van der Waals surface area contributed by atoms with Crippen LogP contribution in [0.1, 0.15) is 38.6 Å². The molecule has 0 amide bonds. The minimum atomic E-state index is -0.245. The number of hydrogen-bond acceptors (Lipinski definition) is 2. The van der Waals surface area contributed by atoms with Gasteiger partial charge in [-0.25, -0.2) is 4.39 Å². The summed E-state index contributed by atoms with van der Waals surface area (Å²) >= 11 is 5.45. The van der Waals surface area contributed by atoms with Gasteiger partial charge in [0.05, 0.1) is 0 Å². The lowest BCUT2D eigenvalue weighted by atomic mass is 9.84. The number of rotatable bonds is 3. The van der Waals surface area contributed by atoms with Gasteiger partial charge >= 0.3 is 0 Å². The van der Waals surface area contributed by atoms with E-state index in [9.17, 15) is 4.39 Å². The number of fused-ring (bicyclic) bond motifs is 2.